The molecule has 0 fully saturated rings. The van der Waals surface area contributed by atoms with Gasteiger partial charge in [-0.25, -0.2) is 4.68 Å². The van der Waals surface area contributed by atoms with E-state index in [1.54, 1.807) is 11.8 Å². The molecule has 0 radical (unpaired) electrons. The Bertz CT molecular complexity index is 1010. The van der Waals surface area contributed by atoms with Gasteiger partial charge in [-0.05, 0) is 29.0 Å². The molecule has 0 N–H and O–H groups in total. The van der Waals surface area contributed by atoms with E-state index in [0.717, 1.165) is 47.4 Å². The summed E-state index contributed by atoms with van der Waals surface area (Å²) in [6, 6.07) is 20.3. The monoisotopic (exact) mass is 391 g/mol. The minimum absolute atomic E-state index is 0.635. The minimum Gasteiger partial charge on any atom is -0.270 e. The predicted molar refractivity (Wildman–Crippen MR) is 109 cm³/mol. The molecule has 28 heavy (non-hydrogen) atoms. The molecule has 0 atom stereocenters. The molecule has 8 heteroatoms. The first-order valence-electron chi connectivity index (χ1n) is 9.31. The van der Waals surface area contributed by atoms with Crippen molar-refractivity contribution >= 4 is 11.8 Å². The van der Waals surface area contributed by atoms with Crippen LogP contribution in [0.15, 0.2) is 65.8 Å². The summed E-state index contributed by atoms with van der Waals surface area (Å²) in [4.78, 5) is 0. The second-order valence-corrected chi connectivity index (χ2v) is 7.25. The second kappa shape index (κ2) is 8.79. The summed E-state index contributed by atoms with van der Waals surface area (Å²) in [5.41, 5.74) is 2.05. The van der Waals surface area contributed by atoms with Crippen LogP contribution in [0.4, 0.5) is 0 Å². The maximum absolute atomic E-state index is 4.47. The van der Waals surface area contributed by atoms with Crippen molar-refractivity contribution < 1.29 is 0 Å². The molecular weight excluding hydrogens is 370 g/mol. The number of benzene rings is 2. The fourth-order valence-corrected chi connectivity index (χ4v) is 3.77. The lowest BCUT2D eigenvalue weighted by Crippen LogP contribution is -2.05. The molecule has 2 aromatic heterocycles. The topological polar surface area (TPSA) is 74.3 Å². The lowest BCUT2D eigenvalue weighted by atomic mass is 10.2. The molecule has 0 bridgehead atoms. The Kier molecular flexibility index (Phi) is 5.77. The zero-order valence-electron chi connectivity index (χ0n) is 15.6. The number of para-hydroxylation sites is 1. The summed E-state index contributed by atoms with van der Waals surface area (Å²) in [7, 11) is 0. The number of hydrogen-bond donors (Lipinski definition) is 0. The third-order valence-electron chi connectivity index (χ3n) is 4.34. The number of unbranched alkanes of at least 4 members (excludes halogenated alkanes) is 1. The van der Waals surface area contributed by atoms with Crippen LogP contribution in [-0.4, -0.2) is 35.0 Å². The van der Waals surface area contributed by atoms with Crippen molar-refractivity contribution in [1.82, 2.24) is 35.0 Å². The Hall–Kier alpha value is -3.00. The summed E-state index contributed by atoms with van der Waals surface area (Å²) >= 11 is 1.59. The van der Waals surface area contributed by atoms with Crippen molar-refractivity contribution in [2.24, 2.45) is 0 Å². The first kappa shape index (κ1) is 18.4. The molecular formula is C20H21N7S. The highest BCUT2D eigenvalue weighted by Crippen LogP contribution is 2.29. The quantitative estimate of drug-likeness (QED) is 0.423. The van der Waals surface area contributed by atoms with E-state index in [1.807, 2.05) is 53.2 Å². The second-order valence-electron chi connectivity index (χ2n) is 6.30. The van der Waals surface area contributed by atoms with Gasteiger partial charge in [-0.2, -0.15) is 0 Å². The minimum atomic E-state index is 0.635. The summed E-state index contributed by atoms with van der Waals surface area (Å²) < 4.78 is 3.96. The van der Waals surface area contributed by atoms with Crippen molar-refractivity contribution in [1.29, 1.82) is 0 Å². The molecule has 0 saturated carbocycles. The highest BCUT2D eigenvalue weighted by atomic mass is 32.2. The fraction of sp³-hybridized carbons (Fsp3) is 0.250. The molecule has 0 saturated heterocycles. The summed E-state index contributed by atoms with van der Waals surface area (Å²) in [6.07, 6.45) is 2.16. The van der Waals surface area contributed by atoms with Gasteiger partial charge >= 0.3 is 0 Å². The molecule has 142 valence electrons. The molecule has 2 heterocycles. The molecule has 0 unspecified atom stereocenters. The highest BCUT2D eigenvalue weighted by Gasteiger charge is 2.17. The molecule has 2 aromatic carbocycles. The summed E-state index contributed by atoms with van der Waals surface area (Å²) in [5.74, 6) is 2.30. The zero-order chi connectivity index (χ0) is 19.2. The van der Waals surface area contributed by atoms with Crippen molar-refractivity contribution in [3.05, 3.63) is 66.5 Å². The van der Waals surface area contributed by atoms with Gasteiger partial charge in [0, 0.05) is 17.8 Å². The van der Waals surface area contributed by atoms with Gasteiger partial charge in [0.25, 0.3) is 0 Å². The third kappa shape index (κ3) is 3.96. The van der Waals surface area contributed by atoms with Crippen molar-refractivity contribution in [3.63, 3.8) is 0 Å². The van der Waals surface area contributed by atoms with E-state index in [1.165, 1.54) is 0 Å². The first-order chi connectivity index (χ1) is 13.9. The van der Waals surface area contributed by atoms with E-state index in [4.69, 9.17) is 0 Å². The average molecular weight is 392 g/mol. The van der Waals surface area contributed by atoms with Crippen LogP contribution in [0.2, 0.25) is 0 Å². The van der Waals surface area contributed by atoms with Gasteiger partial charge in [0.1, 0.15) is 0 Å². The van der Waals surface area contributed by atoms with E-state index in [-0.39, 0.29) is 0 Å². The Balaban J connectivity index is 1.65. The number of aromatic nitrogens is 7. The maximum atomic E-state index is 4.47. The van der Waals surface area contributed by atoms with Crippen molar-refractivity contribution in [3.8, 4) is 17.1 Å². The fourth-order valence-electron chi connectivity index (χ4n) is 2.88. The number of thioether (sulfide) groups is 1. The van der Waals surface area contributed by atoms with Gasteiger partial charge in [0.05, 0.1) is 5.75 Å². The zero-order valence-corrected chi connectivity index (χ0v) is 16.5. The Morgan fingerprint density at radius 2 is 1.64 bits per heavy atom. The van der Waals surface area contributed by atoms with Crippen LogP contribution < -0.4 is 0 Å². The number of aryl methyl sites for hydroxylation is 1. The molecule has 4 rings (SSSR count). The van der Waals surface area contributed by atoms with Gasteiger partial charge < -0.3 is 0 Å². The van der Waals surface area contributed by atoms with E-state index in [0.29, 0.717) is 5.75 Å². The van der Waals surface area contributed by atoms with Crippen LogP contribution in [0.5, 0.6) is 0 Å². The SMILES string of the molecule is CCCCn1nnnc1CSc1nnc(-c2ccccc2)n1-c1ccccc1. The average Bonchev–Trinajstić information content (AvgIpc) is 3.38. The molecule has 0 amide bonds. The highest BCUT2D eigenvalue weighted by molar-refractivity contribution is 7.98. The Morgan fingerprint density at radius 1 is 0.893 bits per heavy atom. The van der Waals surface area contributed by atoms with E-state index < -0.39 is 0 Å². The van der Waals surface area contributed by atoms with E-state index in [2.05, 4.69) is 49.3 Å². The molecule has 0 aliphatic rings. The Morgan fingerprint density at radius 3 is 2.39 bits per heavy atom. The van der Waals surface area contributed by atoms with Gasteiger partial charge in [0.2, 0.25) is 0 Å². The van der Waals surface area contributed by atoms with Crippen LogP contribution in [0.3, 0.4) is 0 Å². The van der Waals surface area contributed by atoms with Crippen LogP contribution in [0.1, 0.15) is 25.6 Å². The molecule has 7 nitrogen and oxygen atoms in total. The van der Waals surface area contributed by atoms with E-state index in [9.17, 15) is 0 Å². The van der Waals surface area contributed by atoms with Crippen molar-refractivity contribution in [2.75, 3.05) is 0 Å². The Labute approximate surface area is 167 Å². The van der Waals surface area contributed by atoms with Crippen molar-refractivity contribution in [2.45, 2.75) is 37.2 Å². The lowest BCUT2D eigenvalue weighted by molar-refractivity contribution is 0.540. The van der Waals surface area contributed by atoms with Gasteiger partial charge in [-0.15, -0.1) is 15.3 Å². The molecule has 0 aliphatic carbocycles. The summed E-state index contributed by atoms with van der Waals surface area (Å²) in [6.45, 7) is 2.99. The number of hydrogen-bond acceptors (Lipinski definition) is 6. The predicted octanol–water partition coefficient (Wildman–Crippen LogP) is 4.01. The van der Waals surface area contributed by atoms with Crippen LogP contribution in [-0.2, 0) is 12.3 Å². The largest absolute Gasteiger partial charge is 0.270 e. The maximum Gasteiger partial charge on any atom is 0.196 e. The lowest BCUT2D eigenvalue weighted by Gasteiger charge is -2.10. The first-order valence-corrected chi connectivity index (χ1v) is 10.3. The third-order valence-corrected chi connectivity index (χ3v) is 5.26. The van der Waals surface area contributed by atoms with E-state index >= 15 is 0 Å². The van der Waals surface area contributed by atoms with Gasteiger partial charge in [-0.1, -0.05) is 73.6 Å². The number of rotatable bonds is 8. The van der Waals surface area contributed by atoms with Crippen LogP contribution >= 0.6 is 11.8 Å². The van der Waals surface area contributed by atoms with Crippen LogP contribution in [0.25, 0.3) is 17.1 Å². The molecule has 0 spiro atoms. The van der Waals surface area contributed by atoms with Gasteiger partial charge in [0.15, 0.2) is 16.8 Å². The number of tetrazole rings is 1. The number of nitrogens with zero attached hydrogens (tertiary/aromatic N) is 7. The molecule has 4 aromatic rings. The standard InChI is InChI=1S/C20H21N7S/c1-2-3-14-26-18(21-24-25-26)15-28-20-23-22-19(16-10-6-4-7-11-16)27(20)17-12-8-5-9-13-17/h4-13H,2-3,14-15H2,1H3. The van der Waals surface area contributed by atoms with Crippen LogP contribution in [0, 0.1) is 0 Å². The van der Waals surface area contributed by atoms with Gasteiger partial charge in [-0.3, -0.25) is 4.57 Å². The molecule has 0 aliphatic heterocycles. The smallest absolute Gasteiger partial charge is 0.196 e. The normalized spacial score (nSPS) is 11.0. The summed E-state index contributed by atoms with van der Waals surface area (Å²) in [5, 5.41) is 21.8.